The van der Waals surface area contributed by atoms with Gasteiger partial charge in [-0.25, -0.2) is 0 Å². The Labute approximate surface area is 180 Å². The number of nitrogens with zero attached hydrogens (tertiary/aromatic N) is 1. The van der Waals surface area contributed by atoms with Gasteiger partial charge in [0.05, 0.1) is 10.6 Å². The lowest BCUT2D eigenvalue weighted by atomic mass is 10.1. The molecular weight excluding hydrogens is 392 g/mol. The number of carbonyl (C=O) groups excluding carboxylic acids is 2. The minimum Gasteiger partial charge on any atom is -0.348 e. The number of nitrogens with one attached hydrogen (secondary N) is 1. The van der Waals surface area contributed by atoms with E-state index in [-0.39, 0.29) is 11.8 Å². The fraction of sp³-hybridized carbons (Fsp3) is 0.120. The second kappa shape index (κ2) is 8.59. The SMILES string of the molecule is Cc1cccc(C=C2Sc3ccc(C(=O)NCc4ccccc4)cc3N(C)C2=O)c1. The van der Waals surface area contributed by atoms with Gasteiger partial charge in [-0.2, -0.15) is 0 Å². The first-order valence-corrected chi connectivity index (χ1v) is 10.5. The summed E-state index contributed by atoms with van der Waals surface area (Å²) in [6.07, 6.45) is 1.92. The first kappa shape index (κ1) is 20.0. The lowest BCUT2D eigenvalue weighted by Gasteiger charge is -2.27. The van der Waals surface area contributed by atoms with Gasteiger partial charge in [-0.3, -0.25) is 9.59 Å². The minimum atomic E-state index is -0.159. The fourth-order valence-corrected chi connectivity index (χ4v) is 4.42. The molecule has 150 valence electrons. The predicted octanol–water partition coefficient (Wildman–Crippen LogP) is 5.03. The van der Waals surface area contributed by atoms with E-state index in [0.29, 0.717) is 17.0 Å². The Morgan fingerprint density at radius 2 is 1.83 bits per heavy atom. The molecule has 2 amide bonds. The summed E-state index contributed by atoms with van der Waals surface area (Å²) in [5.74, 6) is -0.232. The van der Waals surface area contributed by atoms with Crippen LogP contribution in [0.25, 0.3) is 6.08 Å². The number of rotatable bonds is 4. The summed E-state index contributed by atoms with van der Waals surface area (Å²) in [6, 6.07) is 23.3. The molecule has 0 unspecified atom stereocenters. The Bertz CT molecular complexity index is 1140. The lowest BCUT2D eigenvalue weighted by molar-refractivity contribution is -0.114. The van der Waals surface area contributed by atoms with Crippen molar-refractivity contribution in [3.05, 3.63) is 100.0 Å². The van der Waals surface area contributed by atoms with Gasteiger partial charge in [0.15, 0.2) is 0 Å². The van der Waals surface area contributed by atoms with Crippen molar-refractivity contribution in [2.24, 2.45) is 0 Å². The molecule has 4 rings (SSSR count). The van der Waals surface area contributed by atoms with Crippen molar-refractivity contribution in [3.8, 4) is 0 Å². The zero-order chi connectivity index (χ0) is 21.1. The van der Waals surface area contributed by atoms with Crippen LogP contribution in [0, 0.1) is 6.92 Å². The van der Waals surface area contributed by atoms with Crippen molar-refractivity contribution in [2.45, 2.75) is 18.4 Å². The van der Waals surface area contributed by atoms with Crippen molar-refractivity contribution in [1.29, 1.82) is 0 Å². The second-order valence-electron chi connectivity index (χ2n) is 7.24. The van der Waals surface area contributed by atoms with Crippen molar-refractivity contribution in [3.63, 3.8) is 0 Å². The van der Waals surface area contributed by atoms with Crippen LogP contribution in [-0.4, -0.2) is 18.9 Å². The van der Waals surface area contributed by atoms with Crippen LogP contribution in [0.3, 0.4) is 0 Å². The molecule has 0 saturated carbocycles. The van der Waals surface area contributed by atoms with Gasteiger partial charge in [0.2, 0.25) is 0 Å². The Morgan fingerprint density at radius 1 is 1.03 bits per heavy atom. The van der Waals surface area contributed by atoms with E-state index in [0.717, 1.165) is 27.3 Å². The molecule has 0 radical (unpaired) electrons. The van der Waals surface area contributed by atoms with Crippen LogP contribution in [0.2, 0.25) is 0 Å². The Morgan fingerprint density at radius 3 is 2.60 bits per heavy atom. The average molecular weight is 415 g/mol. The van der Waals surface area contributed by atoms with Crippen molar-refractivity contribution < 1.29 is 9.59 Å². The molecule has 3 aromatic rings. The first-order chi connectivity index (χ1) is 14.5. The molecule has 0 atom stereocenters. The lowest BCUT2D eigenvalue weighted by Crippen LogP contribution is -2.31. The van der Waals surface area contributed by atoms with Gasteiger partial charge in [-0.1, -0.05) is 71.9 Å². The Hall–Kier alpha value is -3.31. The highest BCUT2D eigenvalue weighted by molar-refractivity contribution is 8.04. The molecular formula is C25H22N2O2S. The number of amides is 2. The highest BCUT2D eigenvalue weighted by atomic mass is 32.2. The van der Waals surface area contributed by atoms with Crippen LogP contribution in [0.5, 0.6) is 0 Å². The molecule has 30 heavy (non-hydrogen) atoms. The number of thioether (sulfide) groups is 1. The smallest absolute Gasteiger partial charge is 0.264 e. The largest absolute Gasteiger partial charge is 0.348 e. The summed E-state index contributed by atoms with van der Waals surface area (Å²) in [5, 5.41) is 2.93. The van der Waals surface area contributed by atoms with Crippen LogP contribution >= 0.6 is 11.8 Å². The maximum Gasteiger partial charge on any atom is 0.264 e. The zero-order valence-electron chi connectivity index (χ0n) is 16.9. The summed E-state index contributed by atoms with van der Waals surface area (Å²) in [7, 11) is 1.75. The molecule has 1 heterocycles. The van der Waals surface area contributed by atoms with Gasteiger partial charge < -0.3 is 10.2 Å². The molecule has 0 aromatic heterocycles. The van der Waals surface area contributed by atoms with Gasteiger partial charge in [0, 0.05) is 24.1 Å². The number of likely N-dealkylation sites (N-methyl/N-ethyl adjacent to an activating group) is 1. The van der Waals surface area contributed by atoms with Gasteiger partial charge in [-0.05, 0) is 42.3 Å². The third-order valence-corrected chi connectivity index (χ3v) is 6.03. The molecule has 1 aliphatic rings. The van der Waals surface area contributed by atoms with Gasteiger partial charge in [-0.15, -0.1) is 0 Å². The number of fused-ring (bicyclic) bond motifs is 1. The highest BCUT2D eigenvalue weighted by Crippen LogP contribution is 2.42. The maximum absolute atomic E-state index is 12.9. The zero-order valence-corrected chi connectivity index (χ0v) is 17.7. The second-order valence-corrected chi connectivity index (χ2v) is 8.32. The van der Waals surface area contributed by atoms with E-state index < -0.39 is 0 Å². The van der Waals surface area contributed by atoms with Gasteiger partial charge in [0.1, 0.15) is 0 Å². The molecule has 0 bridgehead atoms. The van der Waals surface area contributed by atoms with Crippen LogP contribution in [0.4, 0.5) is 5.69 Å². The molecule has 1 N–H and O–H groups in total. The number of carbonyl (C=O) groups is 2. The third kappa shape index (κ3) is 4.31. The fourth-order valence-electron chi connectivity index (χ4n) is 3.33. The van der Waals surface area contributed by atoms with Crippen LogP contribution in [0.15, 0.2) is 82.6 Å². The Balaban J connectivity index is 1.54. The van der Waals surface area contributed by atoms with E-state index in [1.165, 1.54) is 11.8 Å². The molecule has 4 nitrogen and oxygen atoms in total. The number of hydrogen-bond donors (Lipinski definition) is 1. The number of anilines is 1. The first-order valence-electron chi connectivity index (χ1n) is 9.72. The van der Waals surface area contributed by atoms with Gasteiger partial charge >= 0.3 is 0 Å². The molecule has 3 aromatic carbocycles. The summed E-state index contributed by atoms with van der Waals surface area (Å²) >= 11 is 1.44. The van der Waals surface area contributed by atoms with Crippen LogP contribution < -0.4 is 10.2 Å². The number of aryl methyl sites for hydroxylation is 1. The third-order valence-electron chi connectivity index (χ3n) is 4.95. The highest BCUT2D eigenvalue weighted by Gasteiger charge is 2.27. The topological polar surface area (TPSA) is 49.4 Å². The van der Waals surface area contributed by atoms with E-state index in [1.54, 1.807) is 24.1 Å². The summed E-state index contributed by atoms with van der Waals surface area (Å²) in [6.45, 7) is 2.49. The molecule has 0 saturated heterocycles. The van der Waals surface area contributed by atoms with E-state index in [9.17, 15) is 9.59 Å². The average Bonchev–Trinajstić information content (AvgIpc) is 2.76. The van der Waals surface area contributed by atoms with E-state index in [2.05, 4.69) is 11.4 Å². The molecule has 0 fully saturated rings. The van der Waals surface area contributed by atoms with E-state index in [1.807, 2.05) is 67.6 Å². The summed E-state index contributed by atoms with van der Waals surface area (Å²) in [5.41, 5.74) is 4.48. The van der Waals surface area contributed by atoms with Crippen LogP contribution in [-0.2, 0) is 11.3 Å². The van der Waals surface area contributed by atoms with Crippen molar-refractivity contribution in [1.82, 2.24) is 5.32 Å². The molecule has 5 heteroatoms. The normalized spacial score (nSPS) is 14.5. The molecule has 0 spiro atoms. The quantitative estimate of drug-likeness (QED) is 0.609. The number of benzene rings is 3. The van der Waals surface area contributed by atoms with Crippen molar-refractivity contribution >= 4 is 35.3 Å². The van der Waals surface area contributed by atoms with Crippen molar-refractivity contribution in [2.75, 3.05) is 11.9 Å². The van der Waals surface area contributed by atoms with E-state index in [4.69, 9.17) is 0 Å². The molecule has 1 aliphatic heterocycles. The summed E-state index contributed by atoms with van der Waals surface area (Å²) < 4.78 is 0. The monoisotopic (exact) mass is 414 g/mol. The standard InChI is InChI=1S/C25H22N2O2S/c1-17-7-6-10-19(13-17)14-23-25(29)27(2)21-15-20(11-12-22(21)30-23)24(28)26-16-18-8-4-3-5-9-18/h3-15H,16H2,1-2H3,(H,26,28). The maximum atomic E-state index is 12.9. The van der Waals surface area contributed by atoms with Crippen LogP contribution in [0.1, 0.15) is 27.0 Å². The van der Waals surface area contributed by atoms with Gasteiger partial charge in [0.25, 0.3) is 11.8 Å². The molecule has 0 aliphatic carbocycles. The predicted molar refractivity (Wildman–Crippen MR) is 122 cm³/mol. The Kier molecular flexibility index (Phi) is 5.72. The number of hydrogen-bond acceptors (Lipinski definition) is 3. The minimum absolute atomic E-state index is 0.0733. The summed E-state index contributed by atoms with van der Waals surface area (Å²) in [4.78, 5) is 28.7. The van der Waals surface area contributed by atoms with E-state index >= 15 is 0 Å².